The number of carbonyl (C=O) groups excluding carboxylic acids is 2. The number of hydrogen-bond donors (Lipinski definition) is 0. The summed E-state index contributed by atoms with van der Waals surface area (Å²) in [4.78, 5) is 32.1. The van der Waals surface area contributed by atoms with Crippen molar-refractivity contribution in [1.29, 1.82) is 0 Å². The molecule has 18 heavy (non-hydrogen) atoms. The maximum atomic E-state index is 10.9. The standard InChI is InChI=1S/C9H8BrNO6S/c1-4(12)16-9(17-5(2)13)7-3-6(10)8(18-7)11(14)15/h3,9H,1-2H3. The van der Waals surface area contributed by atoms with Gasteiger partial charge in [-0.3, -0.25) is 19.7 Å². The van der Waals surface area contributed by atoms with Crippen LogP contribution in [0.5, 0.6) is 0 Å². The van der Waals surface area contributed by atoms with Gasteiger partial charge in [0.2, 0.25) is 0 Å². The molecule has 7 nitrogen and oxygen atoms in total. The van der Waals surface area contributed by atoms with Gasteiger partial charge in [-0.2, -0.15) is 0 Å². The molecule has 0 bridgehead atoms. The number of hydrogen-bond acceptors (Lipinski definition) is 7. The highest BCUT2D eigenvalue weighted by Crippen LogP contribution is 2.38. The minimum atomic E-state index is -1.27. The SMILES string of the molecule is CC(=O)OC(OC(C)=O)c1cc(Br)c([N+](=O)[O-])s1. The van der Waals surface area contributed by atoms with E-state index in [4.69, 9.17) is 9.47 Å². The van der Waals surface area contributed by atoms with Crippen molar-refractivity contribution in [2.75, 3.05) is 0 Å². The fourth-order valence-electron chi connectivity index (χ4n) is 1.06. The van der Waals surface area contributed by atoms with E-state index in [1.54, 1.807) is 0 Å². The smallest absolute Gasteiger partial charge is 0.338 e. The molecule has 0 unspecified atom stereocenters. The molecule has 0 aliphatic rings. The molecule has 0 aliphatic heterocycles. The molecule has 1 heterocycles. The maximum absolute atomic E-state index is 10.9. The Morgan fingerprint density at radius 3 is 2.22 bits per heavy atom. The third-order valence-electron chi connectivity index (χ3n) is 1.63. The number of thiophene rings is 1. The van der Waals surface area contributed by atoms with Gasteiger partial charge in [0.1, 0.15) is 4.47 Å². The average Bonchev–Trinajstić information content (AvgIpc) is 2.57. The van der Waals surface area contributed by atoms with Crippen LogP contribution in [0.25, 0.3) is 0 Å². The van der Waals surface area contributed by atoms with Crippen LogP contribution in [0.4, 0.5) is 5.00 Å². The van der Waals surface area contributed by atoms with Crippen LogP contribution >= 0.6 is 27.3 Å². The summed E-state index contributed by atoms with van der Waals surface area (Å²) in [6.07, 6.45) is -1.27. The molecule has 98 valence electrons. The van der Waals surface area contributed by atoms with Crippen molar-refractivity contribution >= 4 is 44.2 Å². The van der Waals surface area contributed by atoms with Gasteiger partial charge in [-0.15, -0.1) is 0 Å². The highest BCUT2D eigenvalue weighted by Gasteiger charge is 2.26. The van der Waals surface area contributed by atoms with Crippen LogP contribution in [0.1, 0.15) is 25.0 Å². The predicted molar refractivity (Wildman–Crippen MR) is 64.9 cm³/mol. The molecule has 1 aromatic heterocycles. The molecule has 0 aliphatic carbocycles. The first-order valence-electron chi connectivity index (χ1n) is 4.59. The van der Waals surface area contributed by atoms with Gasteiger partial charge in [0.15, 0.2) is 0 Å². The monoisotopic (exact) mass is 337 g/mol. The van der Waals surface area contributed by atoms with Gasteiger partial charge in [0.25, 0.3) is 6.29 Å². The molecule has 9 heteroatoms. The first kappa shape index (κ1) is 14.6. The molecule has 0 N–H and O–H groups in total. The summed E-state index contributed by atoms with van der Waals surface area (Å²) in [5.41, 5.74) is 0. The van der Waals surface area contributed by atoms with E-state index in [1.807, 2.05) is 0 Å². The lowest BCUT2D eigenvalue weighted by molar-refractivity contribution is -0.381. The average molecular weight is 338 g/mol. The number of nitrogens with zero attached hydrogens (tertiary/aromatic N) is 1. The largest absolute Gasteiger partial charge is 0.420 e. The summed E-state index contributed by atoms with van der Waals surface area (Å²) >= 11 is 3.77. The van der Waals surface area contributed by atoms with E-state index < -0.39 is 23.2 Å². The maximum Gasteiger partial charge on any atom is 0.338 e. The second kappa shape index (κ2) is 5.91. The molecule has 0 saturated carbocycles. The second-order valence-corrected chi connectivity index (χ2v) is 5.03. The van der Waals surface area contributed by atoms with Crippen LogP contribution < -0.4 is 0 Å². The first-order chi connectivity index (χ1) is 8.31. The Balaban J connectivity index is 3.04. The minimum absolute atomic E-state index is 0.158. The van der Waals surface area contributed by atoms with Crippen LogP contribution in [0, 0.1) is 10.1 Å². The normalized spacial score (nSPS) is 10.2. The Hall–Kier alpha value is -1.48. The van der Waals surface area contributed by atoms with E-state index in [2.05, 4.69) is 15.9 Å². The summed E-state index contributed by atoms with van der Waals surface area (Å²) in [5.74, 6) is -1.32. The highest BCUT2D eigenvalue weighted by atomic mass is 79.9. The molecule has 1 aromatic rings. The molecule has 0 aromatic carbocycles. The Morgan fingerprint density at radius 2 is 1.89 bits per heavy atom. The van der Waals surface area contributed by atoms with Crippen LogP contribution in [0.2, 0.25) is 0 Å². The molecule has 0 spiro atoms. The third-order valence-corrected chi connectivity index (χ3v) is 3.61. The van der Waals surface area contributed by atoms with Crippen molar-refractivity contribution in [2.45, 2.75) is 20.1 Å². The fraction of sp³-hybridized carbons (Fsp3) is 0.333. The molecular formula is C9H8BrNO6S. The number of rotatable bonds is 4. The lowest BCUT2D eigenvalue weighted by Gasteiger charge is -2.14. The van der Waals surface area contributed by atoms with Gasteiger partial charge >= 0.3 is 16.9 Å². The summed E-state index contributed by atoms with van der Waals surface area (Å²) in [6.45, 7) is 2.29. The molecule has 0 amide bonds. The zero-order chi connectivity index (χ0) is 13.9. The number of nitro groups is 1. The van der Waals surface area contributed by atoms with Crippen molar-refractivity contribution in [1.82, 2.24) is 0 Å². The van der Waals surface area contributed by atoms with E-state index in [-0.39, 0.29) is 14.4 Å². The second-order valence-electron chi connectivity index (χ2n) is 3.11. The fourth-order valence-corrected chi connectivity index (χ4v) is 2.67. The van der Waals surface area contributed by atoms with Crippen molar-refractivity contribution < 1.29 is 24.0 Å². The van der Waals surface area contributed by atoms with Crippen LogP contribution in [-0.4, -0.2) is 16.9 Å². The van der Waals surface area contributed by atoms with Gasteiger partial charge in [-0.05, 0) is 22.0 Å². The van der Waals surface area contributed by atoms with E-state index in [0.717, 1.165) is 25.2 Å². The third kappa shape index (κ3) is 3.77. The Morgan fingerprint density at radius 1 is 1.39 bits per heavy atom. The Bertz CT molecular complexity index is 483. The quantitative estimate of drug-likeness (QED) is 0.362. The summed E-state index contributed by atoms with van der Waals surface area (Å²) < 4.78 is 9.79. The predicted octanol–water partition coefficient (Wildman–Crippen LogP) is 2.54. The van der Waals surface area contributed by atoms with Crippen molar-refractivity contribution in [2.24, 2.45) is 0 Å². The number of ether oxygens (including phenoxy) is 2. The summed E-state index contributed by atoms with van der Waals surface area (Å²) in [6, 6.07) is 1.37. The molecule has 0 radical (unpaired) electrons. The van der Waals surface area contributed by atoms with Crippen molar-refractivity contribution in [3.63, 3.8) is 0 Å². The zero-order valence-electron chi connectivity index (χ0n) is 9.34. The van der Waals surface area contributed by atoms with Crippen molar-refractivity contribution in [3.05, 3.63) is 25.5 Å². The molecular weight excluding hydrogens is 330 g/mol. The van der Waals surface area contributed by atoms with Gasteiger partial charge in [0, 0.05) is 13.8 Å². The Kier molecular flexibility index (Phi) is 4.79. The van der Waals surface area contributed by atoms with E-state index >= 15 is 0 Å². The van der Waals surface area contributed by atoms with E-state index in [9.17, 15) is 19.7 Å². The molecule has 0 fully saturated rings. The highest BCUT2D eigenvalue weighted by molar-refractivity contribution is 9.10. The Labute approximate surface area is 114 Å². The lowest BCUT2D eigenvalue weighted by atomic mass is 10.4. The topological polar surface area (TPSA) is 95.7 Å². The molecule has 1 rings (SSSR count). The van der Waals surface area contributed by atoms with Crippen LogP contribution in [-0.2, 0) is 19.1 Å². The minimum Gasteiger partial charge on any atom is -0.420 e. The van der Waals surface area contributed by atoms with Gasteiger partial charge < -0.3 is 9.47 Å². The van der Waals surface area contributed by atoms with Crippen LogP contribution in [0.15, 0.2) is 10.5 Å². The van der Waals surface area contributed by atoms with Gasteiger partial charge in [-0.1, -0.05) is 11.3 Å². The van der Waals surface area contributed by atoms with E-state index in [1.165, 1.54) is 6.07 Å². The number of esters is 2. The number of carbonyl (C=O) groups is 2. The molecule has 0 atom stereocenters. The van der Waals surface area contributed by atoms with Crippen LogP contribution in [0.3, 0.4) is 0 Å². The summed E-state index contributed by atoms with van der Waals surface area (Å²) in [7, 11) is 0. The van der Waals surface area contributed by atoms with Gasteiger partial charge in [-0.25, -0.2) is 0 Å². The van der Waals surface area contributed by atoms with Gasteiger partial charge in [0.05, 0.1) is 9.80 Å². The molecule has 0 saturated heterocycles. The van der Waals surface area contributed by atoms with Crippen molar-refractivity contribution in [3.8, 4) is 0 Å². The summed E-state index contributed by atoms with van der Waals surface area (Å²) in [5, 5.41) is 10.5. The number of halogens is 1. The zero-order valence-corrected chi connectivity index (χ0v) is 11.7. The van der Waals surface area contributed by atoms with E-state index in [0.29, 0.717) is 0 Å². The lowest BCUT2D eigenvalue weighted by Crippen LogP contribution is -2.13. The first-order valence-corrected chi connectivity index (χ1v) is 6.20.